The topological polar surface area (TPSA) is 52.7 Å². The van der Waals surface area contributed by atoms with E-state index in [1.807, 2.05) is 43.3 Å². The lowest BCUT2D eigenvalue weighted by molar-refractivity contribution is -0.137. The molecule has 1 N–H and O–H groups in total. The number of rotatable bonds is 3. The van der Waals surface area contributed by atoms with Gasteiger partial charge in [-0.3, -0.25) is 9.59 Å². The lowest BCUT2D eigenvalue weighted by Crippen LogP contribution is -2.44. The van der Waals surface area contributed by atoms with E-state index in [1.54, 1.807) is 4.90 Å². The van der Waals surface area contributed by atoms with Gasteiger partial charge in [0.15, 0.2) is 0 Å². The molecule has 0 saturated carbocycles. The van der Waals surface area contributed by atoms with Crippen LogP contribution in [0.2, 0.25) is 0 Å². The van der Waals surface area contributed by atoms with Crippen molar-refractivity contribution in [1.82, 2.24) is 10.2 Å². The average Bonchev–Trinajstić information content (AvgIpc) is 2.81. The van der Waals surface area contributed by atoms with Crippen LogP contribution in [0, 0.1) is 0 Å². The summed E-state index contributed by atoms with van der Waals surface area (Å²) >= 11 is 0. The van der Waals surface area contributed by atoms with E-state index in [9.17, 15) is 9.59 Å². The first kappa shape index (κ1) is 13.5. The summed E-state index contributed by atoms with van der Waals surface area (Å²) in [6.07, 6.45) is 0.812. The van der Waals surface area contributed by atoms with Gasteiger partial charge >= 0.3 is 11.8 Å². The standard InChI is InChI=1S/C14H19N3O2/c1-16(2)10-8-15-13(18)14(19)17-9-7-11-5-3-4-6-12(11)17/h3-6H,7-10H2,1-2H3,(H,15,18). The van der Waals surface area contributed by atoms with Crippen LogP contribution in [0.3, 0.4) is 0 Å². The quantitative estimate of drug-likeness (QED) is 0.794. The maximum Gasteiger partial charge on any atom is 0.316 e. The normalized spacial score (nSPS) is 13.5. The van der Waals surface area contributed by atoms with Crippen LogP contribution < -0.4 is 10.2 Å². The molecule has 1 aromatic rings. The predicted molar refractivity (Wildman–Crippen MR) is 74.1 cm³/mol. The van der Waals surface area contributed by atoms with Gasteiger partial charge in [0.05, 0.1) is 0 Å². The second kappa shape index (κ2) is 5.84. The average molecular weight is 261 g/mol. The smallest absolute Gasteiger partial charge is 0.316 e. The molecule has 0 fully saturated rings. The molecule has 2 amide bonds. The Hall–Kier alpha value is -1.88. The molecule has 0 unspecified atom stereocenters. The van der Waals surface area contributed by atoms with Gasteiger partial charge in [0, 0.05) is 25.3 Å². The third kappa shape index (κ3) is 3.12. The Bertz CT molecular complexity index is 485. The highest BCUT2D eigenvalue weighted by Gasteiger charge is 2.28. The van der Waals surface area contributed by atoms with Gasteiger partial charge in [-0.05, 0) is 32.1 Å². The van der Waals surface area contributed by atoms with Crippen LogP contribution >= 0.6 is 0 Å². The van der Waals surface area contributed by atoms with Crippen molar-refractivity contribution in [3.8, 4) is 0 Å². The number of nitrogens with zero attached hydrogens (tertiary/aromatic N) is 2. The third-order valence-electron chi connectivity index (χ3n) is 3.17. The highest BCUT2D eigenvalue weighted by molar-refractivity contribution is 6.40. The Morgan fingerprint density at radius 3 is 2.79 bits per heavy atom. The Morgan fingerprint density at radius 1 is 1.32 bits per heavy atom. The molecule has 0 saturated heterocycles. The van der Waals surface area contributed by atoms with Crippen LogP contribution in [0.15, 0.2) is 24.3 Å². The van der Waals surface area contributed by atoms with E-state index in [1.165, 1.54) is 0 Å². The minimum atomic E-state index is -0.529. The molecule has 0 bridgehead atoms. The Morgan fingerprint density at radius 2 is 2.05 bits per heavy atom. The number of carbonyl (C=O) groups is 2. The molecule has 0 aromatic heterocycles. The van der Waals surface area contributed by atoms with Gasteiger partial charge in [0.25, 0.3) is 0 Å². The summed E-state index contributed by atoms with van der Waals surface area (Å²) in [4.78, 5) is 27.4. The Balaban J connectivity index is 1.96. The molecule has 5 heteroatoms. The zero-order valence-electron chi connectivity index (χ0n) is 11.3. The zero-order chi connectivity index (χ0) is 13.8. The minimum absolute atomic E-state index is 0.469. The number of carbonyl (C=O) groups excluding carboxylic acids is 2. The second-order valence-corrected chi connectivity index (χ2v) is 4.89. The summed E-state index contributed by atoms with van der Waals surface area (Å²) in [5, 5.41) is 2.65. The fourth-order valence-electron chi connectivity index (χ4n) is 2.14. The maximum atomic E-state index is 12.1. The van der Waals surface area contributed by atoms with Gasteiger partial charge < -0.3 is 15.1 Å². The number of anilines is 1. The zero-order valence-corrected chi connectivity index (χ0v) is 11.3. The summed E-state index contributed by atoms with van der Waals surface area (Å²) in [5.74, 6) is -0.998. The van der Waals surface area contributed by atoms with Crippen molar-refractivity contribution in [3.63, 3.8) is 0 Å². The number of likely N-dealkylation sites (N-methyl/N-ethyl adjacent to an activating group) is 1. The van der Waals surface area contributed by atoms with Crippen molar-refractivity contribution in [1.29, 1.82) is 0 Å². The molecule has 1 aliphatic rings. The molecule has 19 heavy (non-hydrogen) atoms. The molecule has 0 spiro atoms. The van der Waals surface area contributed by atoms with Crippen molar-refractivity contribution in [2.45, 2.75) is 6.42 Å². The highest BCUT2D eigenvalue weighted by atomic mass is 16.2. The fraction of sp³-hybridized carbons (Fsp3) is 0.429. The van der Waals surface area contributed by atoms with Crippen molar-refractivity contribution in [2.24, 2.45) is 0 Å². The number of amides is 2. The number of fused-ring (bicyclic) bond motifs is 1. The van der Waals surface area contributed by atoms with Crippen molar-refractivity contribution in [2.75, 3.05) is 38.6 Å². The third-order valence-corrected chi connectivity index (χ3v) is 3.17. The molecule has 5 nitrogen and oxygen atoms in total. The minimum Gasteiger partial charge on any atom is -0.347 e. The largest absolute Gasteiger partial charge is 0.347 e. The van der Waals surface area contributed by atoms with Crippen LogP contribution in [0.4, 0.5) is 5.69 Å². The number of benzene rings is 1. The van der Waals surface area contributed by atoms with Crippen LogP contribution in [-0.2, 0) is 16.0 Å². The predicted octanol–water partition coefficient (Wildman–Crippen LogP) is 0.254. The van der Waals surface area contributed by atoms with Gasteiger partial charge in [-0.25, -0.2) is 0 Å². The van der Waals surface area contributed by atoms with E-state index in [4.69, 9.17) is 0 Å². The van der Waals surface area contributed by atoms with Crippen molar-refractivity contribution >= 4 is 17.5 Å². The SMILES string of the molecule is CN(C)CCNC(=O)C(=O)N1CCc2ccccc21. The Labute approximate surface area is 113 Å². The van der Waals surface area contributed by atoms with Crippen molar-refractivity contribution < 1.29 is 9.59 Å². The molecule has 1 heterocycles. The summed E-state index contributed by atoms with van der Waals surface area (Å²) in [6.45, 7) is 1.78. The van der Waals surface area contributed by atoms with Crippen molar-refractivity contribution in [3.05, 3.63) is 29.8 Å². The molecule has 0 aliphatic carbocycles. The monoisotopic (exact) mass is 261 g/mol. The molecule has 0 radical (unpaired) electrons. The van der Waals surface area contributed by atoms with Gasteiger partial charge in [0.1, 0.15) is 0 Å². The summed E-state index contributed by atoms with van der Waals surface area (Å²) < 4.78 is 0. The number of hydrogen-bond acceptors (Lipinski definition) is 3. The van der Waals surface area contributed by atoms with Crippen LogP contribution in [0.5, 0.6) is 0 Å². The van der Waals surface area contributed by atoms with E-state index in [0.717, 1.165) is 24.2 Å². The lowest BCUT2D eigenvalue weighted by atomic mass is 10.2. The molecular weight excluding hydrogens is 242 g/mol. The van der Waals surface area contributed by atoms with Crippen LogP contribution in [0.25, 0.3) is 0 Å². The van der Waals surface area contributed by atoms with Gasteiger partial charge in [0.2, 0.25) is 0 Å². The summed E-state index contributed by atoms with van der Waals surface area (Å²) in [7, 11) is 3.84. The van der Waals surface area contributed by atoms with E-state index in [-0.39, 0.29) is 0 Å². The first-order chi connectivity index (χ1) is 9.09. The van der Waals surface area contributed by atoms with Gasteiger partial charge in [-0.1, -0.05) is 18.2 Å². The second-order valence-electron chi connectivity index (χ2n) is 4.89. The fourth-order valence-corrected chi connectivity index (χ4v) is 2.14. The Kier molecular flexibility index (Phi) is 4.16. The molecule has 0 atom stereocenters. The lowest BCUT2D eigenvalue weighted by Gasteiger charge is -2.17. The molecule has 1 aliphatic heterocycles. The number of para-hydroxylation sites is 1. The first-order valence-electron chi connectivity index (χ1n) is 6.42. The molecule has 1 aromatic carbocycles. The van der Waals surface area contributed by atoms with E-state index >= 15 is 0 Å². The highest BCUT2D eigenvalue weighted by Crippen LogP contribution is 2.27. The summed E-state index contributed by atoms with van der Waals surface area (Å²) in [6, 6.07) is 7.71. The molecule has 2 rings (SSSR count). The molecule has 102 valence electrons. The van der Waals surface area contributed by atoms with E-state index < -0.39 is 11.8 Å². The van der Waals surface area contributed by atoms with E-state index in [2.05, 4.69) is 5.32 Å². The maximum absolute atomic E-state index is 12.1. The van der Waals surface area contributed by atoms with Crippen LogP contribution in [-0.4, -0.2) is 50.4 Å². The number of nitrogens with one attached hydrogen (secondary N) is 1. The van der Waals surface area contributed by atoms with Gasteiger partial charge in [-0.2, -0.15) is 0 Å². The summed E-state index contributed by atoms with van der Waals surface area (Å²) in [5.41, 5.74) is 1.98. The first-order valence-corrected chi connectivity index (χ1v) is 6.42. The van der Waals surface area contributed by atoms with E-state index in [0.29, 0.717) is 13.1 Å². The van der Waals surface area contributed by atoms with Crippen LogP contribution in [0.1, 0.15) is 5.56 Å². The number of hydrogen-bond donors (Lipinski definition) is 1. The van der Waals surface area contributed by atoms with Gasteiger partial charge in [-0.15, -0.1) is 0 Å². The molecular formula is C14H19N3O2.